The van der Waals surface area contributed by atoms with Crippen molar-refractivity contribution in [3.8, 4) is 6.07 Å². The normalized spacial score (nSPS) is 11.4. The molecule has 23 heavy (non-hydrogen) atoms. The number of amides is 1. The van der Waals surface area contributed by atoms with Gasteiger partial charge in [0.1, 0.15) is 0 Å². The Bertz CT molecular complexity index is 798. The van der Waals surface area contributed by atoms with Crippen molar-refractivity contribution in [3.63, 3.8) is 0 Å². The Morgan fingerprint density at radius 1 is 1.00 bits per heavy atom. The van der Waals surface area contributed by atoms with Crippen LogP contribution in [-0.4, -0.2) is 11.7 Å². The summed E-state index contributed by atoms with van der Waals surface area (Å²) in [4.78, 5) is 24.5. The number of hydrogen-bond acceptors (Lipinski definition) is 3. The lowest BCUT2D eigenvalue weighted by molar-refractivity contribution is -0.117. The molecular formula is C16H9Cl3N2O2. The molecule has 0 saturated heterocycles. The molecule has 116 valence electrons. The first kappa shape index (κ1) is 17.3. The van der Waals surface area contributed by atoms with E-state index in [4.69, 9.17) is 40.1 Å². The highest BCUT2D eigenvalue weighted by molar-refractivity contribution is 6.42. The third-order valence-electron chi connectivity index (χ3n) is 2.97. The largest absolute Gasteiger partial charge is 0.325 e. The number of benzene rings is 2. The minimum Gasteiger partial charge on any atom is -0.325 e. The zero-order valence-corrected chi connectivity index (χ0v) is 13.8. The van der Waals surface area contributed by atoms with E-state index in [1.54, 1.807) is 30.3 Å². The van der Waals surface area contributed by atoms with Gasteiger partial charge < -0.3 is 5.32 Å². The number of nitrogens with one attached hydrogen (secondary N) is 1. The van der Waals surface area contributed by atoms with Crippen molar-refractivity contribution < 1.29 is 9.59 Å². The average Bonchev–Trinajstić information content (AvgIpc) is 2.53. The van der Waals surface area contributed by atoms with Crippen LogP contribution in [0.2, 0.25) is 15.1 Å². The first-order valence-corrected chi connectivity index (χ1v) is 7.51. The second kappa shape index (κ2) is 7.47. The van der Waals surface area contributed by atoms with E-state index in [2.05, 4.69) is 5.32 Å². The molecule has 0 aromatic heterocycles. The summed E-state index contributed by atoms with van der Waals surface area (Å²) in [6.45, 7) is 0. The van der Waals surface area contributed by atoms with Gasteiger partial charge in [-0.15, -0.1) is 0 Å². The number of rotatable bonds is 4. The van der Waals surface area contributed by atoms with Gasteiger partial charge in [0.2, 0.25) is 5.91 Å². The molecule has 0 spiro atoms. The van der Waals surface area contributed by atoms with Crippen molar-refractivity contribution >= 4 is 52.2 Å². The summed E-state index contributed by atoms with van der Waals surface area (Å²) in [5.74, 6) is -2.88. The number of carbonyl (C=O) groups excluding carboxylic acids is 2. The van der Waals surface area contributed by atoms with E-state index in [1.807, 2.05) is 0 Å². The predicted molar refractivity (Wildman–Crippen MR) is 90.0 cm³/mol. The fourth-order valence-electron chi connectivity index (χ4n) is 1.80. The molecule has 0 fully saturated rings. The van der Waals surface area contributed by atoms with Crippen LogP contribution in [0.3, 0.4) is 0 Å². The molecule has 0 radical (unpaired) electrons. The van der Waals surface area contributed by atoms with Crippen molar-refractivity contribution in [2.45, 2.75) is 0 Å². The third-order valence-corrected chi connectivity index (χ3v) is 3.96. The van der Waals surface area contributed by atoms with Crippen LogP contribution in [-0.2, 0) is 4.79 Å². The van der Waals surface area contributed by atoms with E-state index in [9.17, 15) is 9.59 Å². The predicted octanol–water partition coefficient (Wildman–Crippen LogP) is 4.61. The summed E-state index contributed by atoms with van der Waals surface area (Å²) < 4.78 is 0. The van der Waals surface area contributed by atoms with Crippen LogP contribution in [0, 0.1) is 17.2 Å². The summed E-state index contributed by atoms with van der Waals surface area (Å²) >= 11 is 17.4. The molecule has 0 aliphatic rings. The number of carbonyl (C=O) groups is 2. The van der Waals surface area contributed by atoms with Crippen molar-refractivity contribution in [1.82, 2.24) is 0 Å². The Kier molecular flexibility index (Phi) is 5.62. The lowest BCUT2D eigenvalue weighted by atomic mass is 9.98. The molecule has 0 bridgehead atoms. The van der Waals surface area contributed by atoms with Gasteiger partial charge in [0, 0.05) is 16.3 Å². The highest BCUT2D eigenvalue weighted by Crippen LogP contribution is 2.24. The van der Waals surface area contributed by atoms with Gasteiger partial charge in [0.05, 0.1) is 16.1 Å². The second-order valence-corrected chi connectivity index (χ2v) is 5.80. The number of nitrogens with zero attached hydrogens (tertiary/aromatic N) is 1. The van der Waals surface area contributed by atoms with Gasteiger partial charge in [0.25, 0.3) is 0 Å². The van der Waals surface area contributed by atoms with Crippen LogP contribution >= 0.6 is 34.8 Å². The summed E-state index contributed by atoms with van der Waals surface area (Å²) in [6, 6.07) is 12.2. The fourth-order valence-corrected chi connectivity index (χ4v) is 2.22. The Balaban J connectivity index is 2.19. The molecule has 0 aliphatic carbocycles. The van der Waals surface area contributed by atoms with Gasteiger partial charge in [-0.25, -0.2) is 0 Å². The Labute approximate surface area is 147 Å². The molecule has 1 amide bonds. The molecule has 4 nitrogen and oxygen atoms in total. The second-order valence-electron chi connectivity index (χ2n) is 4.55. The number of nitriles is 1. The molecule has 1 atom stereocenters. The van der Waals surface area contributed by atoms with Crippen LogP contribution in [0.25, 0.3) is 0 Å². The molecule has 2 rings (SSSR count). The monoisotopic (exact) mass is 366 g/mol. The topological polar surface area (TPSA) is 70.0 Å². The lowest BCUT2D eigenvalue weighted by Gasteiger charge is -2.10. The van der Waals surface area contributed by atoms with E-state index >= 15 is 0 Å². The number of halogens is 3. The zero-order chi connectivity index (χ0) is 17.0. The van der Waals surface area contributed by atoms with E-state index in [0.717, 1.165) is 0 Å². The van der Waals surface area contributed by atoms with Crippen molar-refractivity contribution in [1.29, 1.82) is 5.26 Å². The minimum absolute atomic E-state index is 0.136. The highest BCUT2D eigenvalue weighted by atomic mass is 35.5. The standard InChI is InChI=1S/C16H9Cl3N2O2/c17-10-2-4-11(5-3-10)21-16(23)12(8-20)15(22)9-1-6-13(18)14(19)7-9/h1-7,12H,(H,21,23). The van der Waals surface area contributed by atoms with Crippen molar-refractivity contribution in [3.05, 3.63) is 63.1 Å². The Morgan fingerprint density at radius 2 is 1.65 bits per heavy atom. The average molecular weight is 368 g/mol. The molecule has 7 heteroatoms. The number of Topliss-reactive ketones (excluding diaryl/α,β-unsaturated/α-hetero) is 1. The van der Waals surface area contributed by atoms with E-state index < -0.39 is 17.6 Å². The van der Waals surface area contributed by atoms with Crippen LogP contribution in [0.15, 0.2) is 42.5 Å². The molecule has 0 saturated carbocycles. The summed E-state index contributed by atoms with van der Waals surface area (Å²) in [5, 5.41) is 12.6. The first-order chi connectivity index (χ1) is 10.9. The summed E-state index contributed by atoms with van der Waals surface area (Å²) in [5.41, 5.74) is 0.568. The molecule has 1 unspecified atom stereocenters. The molecular weight excluding hydrogens is 359 g/mol. The van der Waals surface area contributed by atoms with Crippen LogP contribution < -0.4 is 5.32 Å². The maximum atomic E-state index is 12.3. The highest BCUT2D eigenvalue weighted by Gasteiger charge is 2.28. The van der Waals surface area contributed by atoms with Gasteiger partial charge >= 0.3 is 0 Å². The SMILES string of the molecule is N#CC(C(=O)Nc1ccc(Cl)cc1)C(=O)c1ccc(Cl)c(Cl)c1. The van der Waals surface area contributed by atoms with E-state index in [0.29, 0.717) is 10.7 Å². The molecule has 2 aromatic carbocycles. The Morgan fingerprint density at radius 3 is 2.22 bits per heavy atom. The van der Waals surface area contributed by atoms with Crippen molar-refractivity contribution in [2.75, 3.05) is 5.32 Å². The fraction of sp³-hybridized carbons (Fsp3) is 0.0625. The zero-order valence-electron chi connectivity index (χ0n) is 11.5. The molecule has 2 aromatic rings. The third kappa shape index (κ3) is 4.23. The van der Waals surface area contributed by atoms with Gasteiger partial charge in [-0.05, 0) is 42.5 Å². The van der Waals surface area contributed by atoms with Crippen molar-refractivity contribution in [2.24, 2.45) is 5.92 Å². The number of ketones is 1. The van der Waals surface area contributed by atoms with E-state index in [1.165, 1.54) is 18.2 Å². The molecule has 0 heterocycles. The Hall–Kier alpha value is -2.06. The number of anilines is 1. The van der Waals surface area contributed by atoms with Gasteiger partial charge in [-0.3, -0.25) is 9.59 Å². The number of hydrogen-bond donors (Lipinski definition) is 1. The summed E-state index contributed by atoms with van der Waals surface area (Å²) in [7, 11) is 0. The van der Waals surface area contributed by atoms with Gasteiger partial charge in [-0.1, -0.05) is 34.8 Å². The van der Waals surface area contributed by atoms with Crippen LogP contribution in [0.1, 0.15) is 10.4 Å². The first-order valence-electron chi connectivity index (χ1n) is 6.37. The van der Waals surface area contributed by atoms with Crippen LogP contribution in [0.5, 0.6) is 0 Å². The van der Waals surface area contributed by atoms with Gasteiger partial charge in [-0.2, -0.15) is 5.26 Å². The van der Waals surface area contributed by atoms with Crippen LogP contribution in [0.4, 0.5) is 5.69 Å². The summed E-state index contributed by atoms with van der Waals surface area (Å²) in [6.07, 6.45) is 0. The lowest BCUT2D eigenvalue weighted by Crippen LogP contribution is -2.28. The quantitative estimate of drug-likeness (QED) is 0.634. The van der Waals surface area contributed by atoms with E-state index in [-0.39, 0.29) is 15.6 Å². The molecule has 1 N–H and O–H groups in total. The smallest absolute Gasteiger partial charge is 0.249 e. The molecule has 0 aliphatic heterocycles. The maximum absolute atomic E-state index is 12.3. The maximum Gasteiger partial charge on any atom is 0.249 e. The van der Waals surface area contributed by atoms with Gasteiger partial charge in [0.15, 0.2) is 11.7 Å². The minimum atomic E-state index is -1.50.